The van der Waals surface area contributed by atoms with Gasteiger partial charge in [0, 0.05) is 6.08 Å². The molecule has 0 radical (unpaired) electrons. The van der Waals surface area contributed by atoms with Crippen LogP contribution in [0.25, 0.3) is 6.08 Å². The number of carbonyl (C=O) groups is 2. The first-order valence-corrected chi connectivity index (χ1v) is 10.1. The van der Waals surface area contributed by atoms with Crippen LogP contribution >= 0.6 is 23.1 Å². The van der Waals surface area contributed by atoms with Gasteiger partial charge >= 0.3 is 5.97 Å². The zero-order chi connectivity index (χ0) is 21.1. The molecule has 0 bridgehead atoms. The molecule has 2 rings (SSSR count). The van der Waals surface area contributed by atoms with Crippen molar-refractivity contribution in [1.82, 2.24) is 10.2 Å². The van der Waals surface area contributed by atoms with E-state index in [9.17, 15) is 9.59 Å². The monoisotopic (exact) mass is 434 g/mol. The number of esters is 1. The highest BCUT2D eigenvalue weighted by molar-refractivity contribution is 8.01. The summed E-state index contributed by atoms with van der Waals surface area (Å²) < 4.78 is 15.9. The third kappa shape index (κ3) is 7.44. The second-order valence-corrected chi connectivity index (χ2v) is 7.35. The molecule has 1 heterocycles. The summed E-state index contributed by atoms with van der Waals surface area (Å²) in [5.74, 6) is 0.312. The van der Waals surface area contributed by atoms with Crippen LogP contribution < -0.4 is 14.8 Å². The third-order valence-electron chi connectivity index (χ3n) is 3.16. The fraction of sp³-hybridized carbons (Fsp3) is 0.278. The molecule has 1 aromatic heterocycles. The van der Waals surface area contributed by atoms with Crippen molar-refractivity contribution in [3.63, 3.8) is 0 Å². The van der Waals surface area contributed by atoms with Gasteiger partial charge in [-0.1, -0.05) is 29.2 Å². The predicted octanol–water partition coefficient (Wildman–Crippen LogP) is 2.76. The zero-order valence-corrected chi connectivity index (χ0v) is 17.3. The van der Waals surface area contributed by atoms with Crippen LogP contribution in [0.15, 0.2) is 28.6 Å². The van der Waals surface area contributed by atoms with Crippen molar-refractivity contribution in [2.75, 3.05) is 31.4 Å². The van der Waals surface area contributed by atoms with Crippen molar-refractivity contribution in [3.8, 4) is 17.6 Å². The number of nitrogens with zero attached hydrogens (tertiary/aromatic N) is 3. The lowest BCUT2D eigenvalue weighted by atomic mass is 10.2. The molecule has 1 aromatic carbocycles. The van der Waals surface area contributed by atoms with Crippen LogP contribution in [0.3, 0.4) is 0 Å². The number of aromatic nitrogens is 2. The van der Waals surface area contributed by atoms with Gasteiger partial charge in [-0.05, 0) is 30.7 Å². The van der Waals surface area contributed by atoms with Crippen molar-refractivity contribution in [1.29, 1.82) is 5.26 Å². The van der Waals surface area contributed by atoms with Gasteiger partial charge in [0.05, 0.1) is 19.5 Å². The van der Waals surface area contributed by atoms with Crippen LogP contribution in [0, 0.1) is 11.3 Å². The Balaban J connectivity index is 1.91. The third-order valence-corrected chi connectivity index (χ3v) is 5.11. The Morgan fingerprint density at radius 1 is 1.34 bits per heavy atom. The Bertz CT molecular complexity index is 923. The summed E-state index contributed by atoms with van der Waals surface area (Å²) in [4.78, 5) is 23.4. The van der Waals surface area contributed by atoms with Crippen molar-refractivity contribution in [2.45, 2.75) is 11.3 Å². The predicted molar refractivity (Wildman–Crippen MR) is 109 cm³/mol. The van der Waals surface area contributed by atoms with E-state index < -0.39 is 0 Å². The molecule has 1 amide bonds. The average Bonchev–Trinajstić information content (AvgIpc) is 3.16. The highest BCUT2D eigenvalue weighted by Crippen LogP contribution is 2.28. The van der Waals surface area contributed by atoms with Crippen LogP contribution in [0.5, 0.6) is 11.5 Å². The molecule has 29 heavy (non-hydrogen) atoms. The number of hydrogen-bond donors (Lipinski definition) is 1. The minimum Gasteiger partial charge on any atom is -0.493 e. The number of rotatable bonds is 10. The molecule has 0 fully saturated rings. The summed E-state index contributed by atoms with van der Waals surface area (Å²) in [7, 11) is 1.49. The molecule has 0 saturated carbocycles. The molecule has 0 saturated heterocycles. The highest BCUT2D eigenvalue weighted by atomic mass is 32.2. The average molecular weight is 434 g/mol. The number of hydrogen-bond acceptors (Lipinski definition) is 10. The summed E-state index contributed by atoms with van der Waals surface area (Å²) in [5, 5.41) is 19.3. The van der Waals surface area contributed by atoms with E-state index in [1.165, 1.54) is 24.9 Å². The molecule has 0 aliphatic heterocycles. The summed E-state index contributed by atoms with van der Waals surface area (Å²) in [6.45, 7) is 1.97. The normalized spacial score (nSPS) is 10.4. The van der Waals surface area contributed by atoms with E-state index in [1.807, 2.05) is 6.07 Å². The molecule has 0 spiro atoms. The number of ether oxygens (including phenoxy) is 3. The number of benzene rings is 1. The number of nitriles is 1. The molecule has 2 aromatic rings. The van der Waals surface area contributed by atoms with Gasteiger partial charge in [0.25, 0.3) is 0 Å². The van der Waals surface area contributed by atoms with E-state index in [2.05, 4.69) is 15.5 Å². The van der Waals surface area contributed by atoms with Crippen LogP contribution in [-0.4, -0.2) is 48.2 Å². The van der Waals surface area contributed by atoms with Gasteiger partial charge in [-0.25, -0.2) is 0 Å². The summed E-state index contributed by atoms with van der Waals surface area (Å²) in [5.41, 5.74) is 0.712. The SMILES string of the molecule is CCOC(=O)CSc1nnc(NC(=O)/C=C/c2ccc(OCC#N)c(OC)c2)s1. The molecule has 0 unspecified atom stereocenters. The summed E-state index contributed by atoms with van der Waals surface area (Å²) in [6, 6.07) is 6.96. The maximum Gasteiger partial charge on any atom is 0.316 e. The van der Waals surface area contributed by atoms with Crippen molar-refractivity contribution in [3.05, 3.63) is 29.8 Å². The number of nitrogens with one attached hydrogen (secondary N) is 1. The van der Waals surface area contributed by atoms with E-state index in [0.717, 1.165) is 11.3 Å². The Morgan fingerprint density at radius 2 is 2.17 bits per heavy atom. The van der Waals surface area contributed by atoms with E-state index in [0.29, 0.717) is 33.1 Å². The Labute approximate surface area is 175 Å². The van der Waals surface area contributed by atoms with E-state index in [4.69, 9.17) is 19.5 Å². The van der Waals surface area contributed by atoms with E-state index in [-0.39, 0.29) is 24.2 Å². The maximum atomic E-state index is 12.1. The minimum absolute atomic E-state index is 0.0874. The summed E-state index contributed by atoms with van der Waals surface area (Å²) >= 11 is 2.36. The largest absolute Gasteiger partial charge is 0.493 e. The van der Waals surface area contributed by atoms with Gasteiger partial charge in [-0.3, -0.25) is 14.9 Å². The number of carbonyl (C=O) groups excluding carboxylic acids is 2. The van der Waals surface area contributed by atoms with Crippen molar-refractivity contribution >= 4 is 46.2 Å². The lowest BCUT2D eigenvalue weighted by Crippen LogP contribution is -2.07. The van der Waals surface area contributed by atoms with Gasteiger partial charge in [0.15, 0.2) is 22.4 Å². The lowest BCUT2D eigenvalue weighted by molar-refractivity contribution is -0.139. The second kappa shape index (κ2) is 11.7. The quantitative estimate of drug-likeness (QED) is 0.260. The first-order chi connectivity index (χ1) is 14.0. The van der Waals surface area contributed by atoms with Gasteiger partial charge in [-0.15, -0.1) is 10.2 Å². The first kappa shape index (κ1) is 22.2. The maximum absolute atomic E-state index is 12.1. The van der Waals surface area contributed by atoms with Gasteiger partial charge in [-0.2, -0.15) is 5.26 Å². The molecule has 0 aliphatic carbocycles. The molecular formula is C18H18N4O5S2. The van der Waals surface area contributed by atoms with Crippen molar-refractivity contribution < 1.29 is 23.8 Å². The number of methoxy groups -OCH3 is 1. The number of amides is 1. The standard InChI is InChI=1S/C18H18N4O5S2/c1-3-26-16(24)11-28-18-22-21-17(29-18)20-15(23)7-5-12-4-6-13(27-9-8-19)14(10-12)25-2/h4-7,10H,3,9,11H2,1-2H3,(H,20,21,23)/b7-5+. The Kier molecular flexibility index (Phi) is 8.94. The molecule has 0 atom stereocenters. The van der Waals surface area contributed by atoms with E-state index in [1.54, 1.807) is 31.2 Å². The van der Waals surface area contributed by atoms with Crippen LogP contribution in [0.2, 0.25) is 0 Å². The second-order valence-electron chi connectivity index (χ2n) is 5.15. The highest BCUT2D eigenvalue weighted by Gasteiger charge is 2.10. The summed E-state index contributed by atoms with van der Waals surface area (Å²) in [6.07, 6.45) is 2.95. The molecule has 11 heteroatoms. The molecule has 152 valence electrons. The number of thioether (sulfide) groups is 1. The van der Waals surface area contributed by atoms with Crippen LogP contribution in [0.1, 0.15) is 12.5 Å². The molecule has 0 aliphatic rings. The van der Waals surface area contributed by atoms with Crippen molar-refractivity contribution in [2.24, 2.45) is 0 Å². The van der Waals surface area contributed by atoms with Gasteiger partial charge < -0.3 is 14.2 Å². The number of anilines is 1. The fourth-order valence-corrected chi connectivity index (χ4v) is 3.53. The van der Waals surface area contributed by atoms with Crippen LogP contribution in [0.4, 0.5) is 5.13 Å². The Hall–Kier alpha value is -3.10. The van der Waals surface area contributed by atoms with Gasteiger partial charge in [0.1, 0.15) is 6.07 Å². The van der Waals surface area contributed by atoms with Crippen LogP contribution in [-0.2, 0) is 14.3 Å². The Morgan fingerprint density at radius 3 is 2.90 bits per heavy atom. The topological polar surface area (TPSA) is 123 Å². The minimum atomic E-state index is -0.383. The van der Waals surface area contributed by atoms with E-state index >= 15 is 0 Å². The van der Waals surface area contributed by atoms with Gasteiger partial charge in [0.2, 0.25) is 11.0 Å². The molecular weight excluding hydrogens is 416 g/mol. The lowest BCUT2D eigenvalue weighted by Gasteiger charge is -2.08. The smallest absolute Gasteiger partial charge is 0.316 e. The molecule has 9 nitrogen and oxygen atoms in total. The zero-order valence-electron chi connectivity index (χ0n) is 15.7. The fourth-order valence-electron chi connectivity index (χ4n) is 1.98. The first-order valence-electron chi connectivity index (χ1n) is 8.34. The molecule has 1 N–H and O–H groups in total.